The van der Waals surface area contributed by atoms with E-state index in [1.165, 1.54) is 0 Å². The first-order valence-corrected chi connectivity index (χ1v) is 6.38. The van der Waals surface area contributed by atoms with Crippen LogP contribution >= 0.6 is 15.9 Å². The topological polar surface area (TPSA) is 24.5 Å². The van der Waals surface area contributed by atoms with Crippen LogP contribution in [-0.4, -0.2) is 0 Å². The molecule has 0 saturated heterocycles. The Balaban J connectivity index is 1.76. The first-order chi connectivity index (χ1) is 8.83. The summed E-state index contributed by atoms with van der Waals surface area (Å²) in [5.41, 5.74) is 5.07. The number of hydrogen-bond acceptors (Lipinski definition) is 3. The van der Waals surface area contributed by atoms with Crippen LogP contribution < -0.4 is 10.6 Å². The van der Waals surface area contributed by atoms with E-state index in [9.17, 15) is 0 Å². The number of hydrogen-bond donors (Lipinski definition) is 1. The molecule has 90 valence electrons. The van der Waals surface area contributed by atoms with E-state index in [0.29, 0.717) is 0 Å². The quantitative estimate of drug-likeness (QED) is 0.915. The Bertz CT molecular complexity index is 566. The lowest BCUT2D eigenvalue weighted by molar-refractivity contribution is 0.243. The summed E-state index contributed by atoms with van der Waals surface area (Å²) in [6.07, 6.45) is 1.84. The molecule has 1 heterocycles. The summed E-state index contributed by atoms with van der Waals surface area (Å²) in [4.78, 5) is 5.74. The molecular formula is C14H11BrN2O. The first kappa shape index (κ1) is 11.2. The van der Waals surface area contributed by atoms with Crippen LogP contribution in [0.5, 0.6) is 0 Å². The Kier molecular flexibility index (Phi) is 2.94. The van der Waals surface area contributed by atoms with Gasteiger partial charge >= 0.3 is 0 Å². The highest BCUT2D eigenvalue weighted by molar-refractivity contribution is 9.10. The van der Waals surface area contributed by atoms with Gasteiger partial charge in [-0.25, -0.2) is 0 Å². The minimum absolute atomic E-state index is 0.804. The van der Waals surface area contributed by atoms with E-state index in [2.05, 4.69) is 21.4 Å². The van der Waals surface area contributed by atoms with Crippen LogP contribution in [-0.2, 0) is 4.84 Å². The lowest BCUT2D eigenvalue weighted by atomic mass is 10.2. The number of hydrazine groups is 1. The SMILES string of the molecule is Brc1ccc(N2NC=C(c3ccccc3)O2)cc1. The average molecular weight is 303 g/mol. The lowest BCUT2D eigenvalue weighted by Crippen LogP contribution is -2.27. The highest BCUT2D eigenvalue weighted by Gasteiger charge is 2.17. The molecule has 0 atom stereocenters. The van der Waals surface area contributed by atoms with E-state index in [-0.39, 0.29) is 0 Å². The fourth-order valence-corrected chi connectivity index (χ4v) is 1.97. The van der Waals surface area contributed by atoms with Crippen molar-refractivity contribution in [1.29, 1.82) is 0 Å². The molecule has 0 unspecified atom stereocenters. The molecule has 1 N–H and O–H groups in total. The summed E-state index contributed by atoms with van der Waals surface area (Å²) >= 11 is 3.41. The largest absolute Gasteiger partial charge is 0.357 e. The van der Waals surface area contributed by atoms with Crippen molar-refractivity contribution in [2.45, 2.75) is 0 Å². The van der Waals surface area contributed by atoms with Gasteiger partial charge in [-0.1, -0.05) is 46.3 Å². The van der Waals surface area contributed by atoms with Gasteiger partial charge in [0.15, 0.2) is 5.76 Å². The maximum Gasteiger partial charge on any atom is 0.182 e. The van der Waals surface area contributed by atoms with Gasteiger partial charge in [0, 0.05) is 10.0 Å². The molecule has 0 fully saturated rings. The molecular weight excluding hydrogens is 292 g/mol. The highest BCUT2D eigenvalue weighted by atomic mass is 79.9. The zero-order valence-electron chi connectivity index (χ0n) is 9.51. The van der Waals surface area contributed by atoms with Gasteiger partial charge in [-0.05, 0) is 24.3 Å². The predicted molar refractivity (Wildman–Crippen MR) is 75.3 cm³/mol. The molecule has 2 aromatic rings. The van der Waals surface area contributed by atoms with Crippen molar-refractivity contribution in [2.24, 2.45) is 0 Å². The number of nitrogens with zero attached hydrogens (tertiary/aromatic N) is 1. The van der Waals surface area contributed by atoms with Crippen LogP contribution in [0.4, 0.5) is 5.69 Å². The van der Waals surface area contributed by atoms with Gasteiger partial charge in [0.2, 0.25) is 0 Å². The van der Waals surface area contributed by atoms with Crippen LogP contribution in [0, 0.1) is 0 Å². The van der Waals surface area contributed by atoms with E-state index >= 15 is 0 Å². The average Bonchev–Trinajstić information content (AvgIpc) is 2.90. The summed E-state index contributed by atoms with van der Waals surface area (Å²) in [5, 5.41) is 1.63. The second-order valence-corrected chi connectivity index (χ2v) is 4.78. The van der Waals surface area contributed by atoms with Crippen LogP contribution in [0.3, 0.4) is 0 Å². The van der Waals surface area contributed by atoms with Crippen molar-refractivity contribution in [3.8, 4) is 0 Å². The number of anilines is 1. The van der Waals surface area contributed by atoms with E-state index < -0.39 is 0 Å². The first-order valence-electron chi connectivity index (χ1n) is 5.58. The fourth-order valence-electron chi connectivity index (χ4n) is 1.71. The van der Waals surface area contributed by atoms with E-state index in [0.717, 1.165) is 21.5 Å². The van der Waals surface area contributed by atoms with E-state index in [1.54, 1.807) is 5.17 Å². The van der Waals surface area contributed by atoms with Gasteiger partial charge in [-0.3, -0.25) is 5.43 Å². The molecule has 2 aromatic carbocycles. The Labute approximate surface area is 114 Å². The number of benzene rings is 2. The Morgan fingerprint density at radius 1 is 0.944 bits per heavy atom. The number of rotatable bonds is 2. The number of halogens is 1. The molecule has 1 aliphatic heterocycles. The summed E-state index contributed by atoms with van der Waals surface area (Å²) in [5.74, 6) is 0.804. The lowest BCUT2D eigenvalue weighted by Gasteiger charge is -2.17. The molecule has 0 bridgehead atoms. The second kappa shape index (κ2) is 4.74. The van der Waals surface area contributed by atoms with Gasteiger partial charge in [0.05, 0.1) is 11.9 Å². The molecule has 1 aliphatic rings. The fraction of sp³-hybridized carbons (Fsp3) is 0. The third kappa shape index (κ3) is 2.19. The Morgan fingerprint density at radius 2 is 1.67 bits per heavy atom. The third-order valence-corrected chi connectivity index (χ3v) is 3.15. The molecule has 0 saturated carbocycles. The van der Waals surface area contributed by atoms with Gasteiger partial charge in [-0.15, -0.1) is 5.17 Å². The van der Waals surface area contributed by atoms with Gasteiger partial charge in [0.25, 0.3) is 0 Å². The Hall–Kier alpha value is -1.94. The molecule has 18 heavy (non-hydrogen) atoms. The van der Waals surface area contributed by atoms with Crippen LogP contribution in [0.15, 0.2) is 65.3 Å². The standard InChI is InChI=1S/C14H11BrN2O/c15-12-6-8-13(9-7-12)17-16-10-14(18-17)11-4-2-1-3-5-11/h1-10,16H. The zero-order valence-corrected chi connectivity index (χ0v) is 11.1. The smallest absolute Gasteiger partial charge is 0.182 e. The third-order valence-electron chi connectivity index (χ3n) is 2.62. The van der Waals surface area contributed by atoms with Crippen LogP contribution in [0.2, 0.25) is 0 Å². The second-order valence-electron chi connectivity index (χ2n) is 3.87. The molecule has 4 heteroatoms. The van der Waals surface area contributed by atoms with E-state index in [4.69, 9.17) is 4.84 Å². The Morgan fingerprint density at radius 3 is 2.39 bits per heavy atom. The van der Waals surface area contributed by atoms with Crippen molar-refractivity contribution in [1.82, 2.24) is 5.43 Å². The summed E-state index contributed by atoms with van der Waals surface area (Å²) < 4.78 is 1.04. The predicted octanol–water partition coefficient (Wildman–Crippen LogP) is 3.70. The van der Waals surface area contributed by atoms with Crippen molar-refractivity contribution in [3.63, 3.8) is 0 Å². The monoisotopic (exact) mass is 302 g/mol. The van der Waals surface area contributed by atoms with Crippen molar-refractivity contribution in [2.75, 3.05) is 5.17 Å². The summed E-state index contributed by atoms with van der Waals surface area (Å²) in [6, 6.07) is 17.9. The maximum absolute atomic E-state index is 5.74. The summed E-state index contributed by atoms with van der Waals surface area (Å²) in [7, 11) is 0. The molecule has 3 nitrogen and oxygen atoms in total. The molecule has 0 amide bonds. The normalized spacial score (nSPS) is 13.8. The van der Waals surface area contributed by atoms with Gasteiger partial charge in [0.1, 0.15) is 0 Å². The van der Waals surface area contributed by atoms with Crippen molar-refractivity contribution in [3.05, 3.63) is 70.8 Å². The highest BCUT2D eigenvalue weighted by Crippen LogP contribution is 2.25. The minimum Gasteiger partial charge on any atom is -0.357 e. The van der Waals surface area contributed by atoms with Crippen LogP contribution in [0.25, 0.3) is 5.76 Å². The van der Waals surface area contributed by atoms with Crippen molar-refractivity contribution < 1.29 is 4.84 Å². The molecule has 0 aliphatic carbocycles. The van der Waals surface area contributed by atoms with E-state index in [1.807, 2.05) is 60.8 Å². The molecule has 0 spiro atoms. The zero-order chi connectivity index (χ0) is 12.4. The molecule has 3 rings (SSSR count). The number of nitrogens with one attached hydrogen (secondary N) is 1. The van der Waals surface area contributed by atoms with Gasteiger partial charge in [-0.2, -0.15) is 0 Å². The van der Waals surface area contributed by atoms with Crippen LogP contribution in [0.1, 0.15) is 5.56 Å². The van der Waals surface area contributed by atoms with Crippen molar-refractivity contribution >= 4 is 27.4 Å². The molecule has 0 radical (unpaired) electrons. The van der Waals surface area contributed by atoms with Gasteiger partial charge < -0.3 is 4.84 Å². The minimum atomic E-state index is 0.804. The maximum atomic E-state index is 5.74. The molecule has 0 aromatic heterocycles. The summed E-state index contributed by atoms with van der Waals surface area (Å²) in [6.45, 7) is 0.